The van der Waals surface area contributed by atoms with Crippen molar-refractivity contribution in [1.29, 1.82) is 0 Å². The predicted molar refractivity (Wildman–Crippen MR) is 130 cm³/mol. The van der Waals surface area contributed by atoms with Crippen molar-refractivity contribution in [3.05, 3.63) is 64.7 Å². The third-order valence-electron chi connectivity index (χ3n) is 6.73. The van der Waals surface area contributed by atoms with Gasteiger partial charge < -0.3 is 19.3 Å². The highest BCUT2D eigenvalue weighted by Gasteiger charge is 2.42. The van der Waals surface area contributed by atoms with Gasteiger partial charge in [-0.3, -0.25) is 4.79 Å². The SMILES string of the molecule is COC(=O)c1cc(C)cc(C)c1NC(=O)C(C)[N+]1(CC(=O)OCc2ccccc2)CCCCC1. The molecule has 1 aliphatic heterocycles. The van der Waals surface area contributed by atoms with Crippen molar-refractivity contribution in [2.45, 2.75) is 52.7 Å². The molecular weight excluding hydrogens is 432 g/mol. The summed E-state index contributed by atoms with van der Waals surface area (Å²) in [4.78, 5) is 38.6. The maximum Gasteiger partial charge on any atom is 0.362 e. The van der Waals surface area contributed by atoms with Crippen molar-refractivity contribution in [2.75, 3.05) is 32.1 Å². The van der Waals surface area contributed by atoms with Crippen LogP contribution in [0.15, 0.2) is 42.5 Å². The fourth-order valence-electron chi connectivity index (χ4n) is 4.75. The Morgan fingerprint density at radius 3 is 2.35 bits per heavy atom. The van der Waals surface area contributed by atoms with Crippen LogP contribution in [-0.4, -0.2) is 55.1 Å². The number of aryl methyl sites for hydroxylation is 2. The van der Waals surface area contributed by atoms with Gasteiger partial charge in [-0.05, 0) is 62.8 Å². The number of piperidine rings is 1. The first kappa shape index (κ1) is 25.4. The molecule has 1 saturated heterocycles. The van der Waals surface area contributed by atoms with E-state index in [0.717, 1.165) is 49.0 Å². The lowest BCUT2D eigenvalue weighted by molar-refractivity contribution is -0.938. The molecule has 3 rings (SSSR count). The maximum absolute atomic E-state index is 13.4. The molecule has 7 nitrogen and oxygen atoms in total. The minimum atomic E-state index is -0.499. The first-order chi connectivity index (χ1) is 16.3. The van der Waals surface area contributed by atoms with Gasteiger partial charge in [-0.15, -0.1) is 0 Å². The van der Waals surface area contributed by atoms with Crippen LogP contribution in [0.3, 0.4) is 0 Å². The molecule has 0 aromatic heterocycles. The van der Waals surface area contributed by atoms with Gasteiger partial charge in [-0.1, -0.05) is 36.4 Å². The van der Waals surface area contributed by atoms with Gasteiger partial charge >= 0.3 is 11.9 Å². The molecule has 1 atom stereocenters. The number of amides is 1. The second-order valence-electron chi connectivity index (χ2n) is 9.19. The number of nitrogens with zero attached hydrogens (tertiary/aromatic N) is 1. The number of anilines is 1. The largest absolute Gasteiger partial charge is 0.465 e. The number of methoxy groups -OCH3 is 1. The fourth-order valence-corrected chi connectivity index (χ4v) is 4.75. The molecule has 1 unspecified atom stereocenters. The molecule has 1 amide bonds. The molecule has 1 fully saturated rings. The minimum absolute atomic E-state index is 0.137. The summed E-state index contributed by atoms with van der Waals surface area (Å²) >= 11 is 0. The molecule has 2 aromatic carbocycles. The molecule has 0 saturated carbocycles. The molecule has 2 aromatic rings. The quantitative estimate of drug-likeness (QED) is 0.466. The number of quaternary nitrogens is 1. The molecule has 0 aliphatic carbocycles. The van der Waals surface area contributed by atoms with Crippen molar-refractivity contribution in [3.8, 4) is 0 Å². The number of hydrogen-bond donors (Lipinski definition) is 1. The van der Waals surface area contributed by atoms with Crippen molar-refractivity contribution in [2.24, 2.45) is 0 Å². The Hall–Kier alpha value is -3.19. The standard InChI is InChI=1S/C27H34N2O5/c1-19-15-20(2)25(23(16-19)27(32)33-4)28-26(31)21(3)29(13-9-6-10-14-29)17-24(30)34-18-22-11-7-5-8-12-22/h5,7-8,11-12,15-16,21H,6,9-10,13-14,17-18H2,1-4H3/p+1. The lowest BCUT2D eigenvalue weighted by Crippen LogP contribution is -2.63. The number of ether oxygens (including phenoxy) is 2. The zero-order chi connectivity index (χ0) is 24.7. The van der Waals surface area contributed by atoms with Crippen molar-refractivity contribution >= 4 is 23.5 Å². The Bertz CT molecular complexity index is 1030. The van der Waals surface area contributed by atoms with E-state index in [1.54, 1.807) is 6.07 Å². The Morgan fingerprint density at radius 1 is 1.03 bits per heavy atom. The summed E-state index contributed by atoms with van der Waals surface area (Å²) < 4.78 is 10.8. The van der Waals surface area contributed by atoms with Gasteiger partial charge in [0.05, 0.1) is 31.5 Å². The van der Waals surface area contributed by atoms with Crippen LogP contribution in [0.5, 0.6) is 0 Å². The summed E-state index contributed by atoms with van der Waals surface area (Å²) in [5, 5.41) is 2.97. The number of nitrogens with one attached hydrogen (secondary N) is 1. The van der Waals surface area contributed by atoms with Crippen LogP contribution in [0.25, 0.3) is 0 Å². The normalized spacial score (nSPS) is 15.8. The van der Waals surface area contributed by atoms with Crippen molar-refractivity contribution in [1.82, 2.24) is 0 Å². The van der Waals surface area contributed by atoms with E-state index in [2.05, 4.69) is 5.32 Å². The third-order valence-corrected chi connectivity index (χ3v) is 6.73. The summed E-state index contributed by atoms with van der Waals surface area (Å²) in [6, 6.07) is 12.7. The zero-order valence-corrected chi connectivity index (χ0v) is 20.6. The van der Waals surface area contributed by atoms with Gasteiger partial charge in [0.2, 0.25) is 0 Å². The molecular formula is C27H35N2O5+. The first-order valence-electron chi connectivity index (χ1n) is 11.8. The highest BCUT2D eigenvalue weighted by Crippen LogP contribution is 2.27. The van der Waals surface area contributed by atoms with E-state index in [9.17, 15) is 14.4 Å². The number of carbonyl (C=O) groups is 3. The molecule has 7 heteroatoms. The van der Waals surface area contributed by atoms with Gasteiger partial charge in [0, 0.05) is 0 Å². The van der Waals surface area contributed by atoms with E-state index in [-0.39, 0.29) is 25.0 Å². The summed E-state index contributed by atoms with van der Waals surface area (Å²) in [6.07, 6.45) is 2.97. The third kappa shape index (κ3) is 6.03. The summed E-state index contributed by atoms with van der Waals surface area (Å²) in [5.74, 6) is -1.04. The van der Waals surface area contributed by atoms with E-state index in [1.165, 1.54) is 7.11 Å². The lowest BCUT2D eigenvalue weighted by Gasteiger charge is -2.44. The van der Waals surface area contributed by atoms with E-state index in [4.69, 9.17) is 9.47 Å². The Morgan fingerprint density at radius 2 is 1.71 bits per heavy atom. The molecule has 0 spiro atoms. The molecule has 0 radical (unpaired) electrons. The number of carbonyl (C=O) groups excluding carboxylic acids is 3. The van der Waals surface area contributed by atoms with Crippen LogP contribution < -0.4 is 5.32 Å². The van der Waals surface area contributed by atoms with Crippen LogP contribution in [0.4, 0.5) is 5.69 Å². The summed E-state index contributed by atoms with van der Waals surface area (Å²) in [7, 11) is 1.32. The van der Waals surface area contributed by atoms with E-state index < -0.39 is 12.0 Å². The average Bonchev–Trinajstić information content (AvgIpc) is 2.84. The van der Waals surface area contributed by atoms with Gasteiger partial charge in [0.15, 0.2) is 12.6 Å². The van der Waals surface area contributed by atoms with Crippen LogP contribution in [0.1, 0.15) is 53.2 Å². The second-order valence-corrected chi connectivity index (χ2v) is 9.19. The number of hydrogen-bond acceptors (Lipinski definition) is 5. The molecule has 1 aliphatic rings. The highest BCUT2D eigenvalue weighted by atomic mass is 16.5. The lowest BCUT2D eigenvalue weighted by atomic mass is 10.0. The smallest absolute Gasteiger partial charge is 0.362 e. The fraction of sp³-hybridized carbons (Fsp3) is 0.444. The van der Waals surface area contributed by atoms with E-state index >= 15 is 0 Å². The monoisotopic (exact) mass is 467 g/mol. The number of benzene rings is 2. The predicted octanol–water partition coefficient (Wildman–Crippen LogP) is 4.16. The number of esters is 2. The zero-order valence-electron chi connectivity index (χ0n) is 20.6. The minimum Gasteiger partial charge on any atom is -0.465 e. The van der Waals surface area contributed by atoms with E-state index in [1.807, 2.05) is 57.2 Å². The number of rotatable bonds is 8. The molecule has 1 N–H and O–H groups in total. The van der Waals surface area contributed by atoms with Gasteiger partial charge in [0.25, 0.3) is 5.91 Å². The number of likely N-dealkylation sites (tertiary alicyclic amines) is 1. The average molecular weight is 468 g/mol. The molecule has 1 heterocycles. The Balaban J connectivity index is 1.77. The Kier molecular flexibility index (Phi) is 8.45. The molecule has 182 valence electrons. The first-order valence-corrected chi connectivity index (χ1v) is 11.8. The van der Waals surface area contributed by atoms with Crippen LogP contribution in [0, 0.1) is 13.8 Å². The van der Waals surface area contributed by atoms with Crippen LogP contribution >= 0.6 is 0 Å². The summed E-state index contributed by atoms with van der Waals surface area (Å²) in [5.41, 5.74) is 3.40. The Labute approximate surface area is 201 Å². The maximum atomic E-state index is 13.4. The second kappa shape index (κ2) is 11.3. The topological polar surface area (TPSA) is 81.7 Å². The van der Waals surface area contributed by atoms with Crippen molar-refractivity contribution in [3.63, 3.8) is 0 Å². The summed E-state index contributed by atoms with van der Waals surface area (Å²) in [6.45, 7) is 7.40. The van der Waals surface area contributed by atoms with Gasteiger partial charge in [-0.2, -0.15) is 0 Å². The van der Waals surface area contributed by atoms with Gasteiger partial charge in [0.1, 0.15) is 6.61 Å². The van der Waals surface area contributed by atoms with Crippen LogP contribution in [0.2, 0.25) is 0 Å². The highest BCUT2D eigenvalue weighted by molar-refractivity contribution is 6.03. The molecule has 34 heavy (non-hydrogen) atoms. The van der Waals surface area contributed by atoms with Gasteiger partial charge in [-0.25, -0.2) is 9.59 Å². The van der Waals surface area contributed by atoms with Crippen LogP contribution in [-0.2, 0) is 25.7 Å². The van der Waals surface area contributed by atoms with Crippen molar-refractivity contribution < 1.29 is 28.3 Å². The van der Waals surface area contributed by atoms with E-state index in [0.29, 0.717) is 15.7 Å². The molecule has 0 bridgehead atoms.